The molecule has 1 heterocycles. The van der Waals surface area contributed by atoms with Gasteiger partial charge in [-0.15, -0.1) is 0 Å². The Morgan fingerprint density at radius 2 is 2.25 bits per heavy atom. The van der Waals surface area contributed by atoms with Crippen LogP contribution >= 0.6 is 11.6 Å². The Balaban J connectivity index is 2.48. The smallest absolute Gasteiger partial charge is 0.214 e. The molecule has 1 atom stereocenters. The number of hydrogen-bond acceptors (Lipinski definition) is 3. The van der Waals surface area contributed by atoms with Crippen molar-refractivity contribution in [2.45, 2.75) is 13.0 Å². The molecule has 1 N–H and O–H groups in total. The zero-order valence-corrected chi connectivity index (χ0v) is 9.84. The first kappa shape index (κ1) is 11.2. The van der Waals surface area contributed by atoms with Crippen LogP contribution in [-0.4, -0.2) is 18.9 Å². The molecule has 0 amide bonds. The first-order valence-corrected chi connectivity index (χ1v) is 5.41. The Kier molecular flexibility index (Phi) is 2.99. The van der Waals surface area contributed by atoms with Crippen molar-refractivity contribution < 1.29 is 9.21 Å². The predicted molar refractivity (Wildman–Crippen MR) is 64.1 cm³/mol. The van der Waals surface area contributed by atoms with Crippen molar-refractivity contribution in [3.8, 4) is 0 Å². The molecule has 1 aromatic carbocycles. The number of hydrogen-bond donors (Lipinski definition) is 1. The fourth-order valence-corrected chi connectivity index (χ4v) is 1.71. The number of furan rings is 1. The second-order valence-electron chi connectivity index (χ2n) is 3.64. The van der Waals surface area contributed by atoms with Gasteiger partial charge in [-0.2, -0.15) is 0 Å². The molecule has 0 bridgehead atoms. The van der Waals surface area contributed by atoms with Gasteiger partial charge in [0.1, 0.15) is 0 Å². The number of nitrogens with one attached hydrogen (secondary N) is 1. The van der Waals surface area contributed by atoms with E-state index in [0.29, 0.717) is 16.4 Å². The van der Waals surface area contributed by atoms with Gasteiger partial charge in [-0.05, 0) is 26.1 Å². The third-order valence-electron chi connectivity index (χ3n) is 2.57. The van der Waals surface area contributed by atoms with Gasteiger partial charge < -0.3 is 9.73 Å². The van der Waals surface area contributed by atoms with Gasteiger partial charge in [-0.3, -0.25) is 4.79 Å². The summed E-state index contributed by atoms with van der Waals surface area (Å²) in [4.78, 5) is 11.9. The highest BCUT2D eigenvalue weighted by atomic mass is 35.5. The highest BCUT2D eigenvalue weighted by Crippen LogP contribution is 2.27. The van der Waals surface area contributed by atoms with Crippen LogP contribution in [0.15, 0.2) is 28.7 Å². The molecule has 84 valence electrons. The lowest BCUT2D eigenvalue weighted by Gasteiger charge is -2.05. The molecule has 1 unspecified atom stereocenters. The van der Waals surface area contributed by atoms with E-state index in [1.54, 1.807) is 26.1 Å². The molecule has 0 saturated carbocycles. The average molecular weight is 238 g/mol. The van der Waals surface area contributed by atoms with E-state index >= 15 is 0 Å². The maximum atomic E-state index is 11.9. The molecule has 0 fully saturated rings. The van der Waals surface area contributed by atoms with E-state index in [0.717, 1.165) is 5.39 Å². The second-order valence-corrected chi connectivity index (χ2v) is 4.05. The van der Waals surface area contributed by atoms with Crippen LogP contribution in [0.1, 0.15) is 17.5 Å². The number of benzene rings is 1. The molecule has 2 rings (SSSR count). The first-order valence-electron chi connectivity index (χ1n) is 5.03. The summed E-state index contributed by atoms with van der Waals surface area (Å²) in [5.41, 5.74) is 0.566. The molecule has 16 heavy (non-hydrogen) atoms. The van der Waals surface area contributed by atoms with Crippen molar-refractivity contribution in [2.75, 3.05) is 7.05 Å². The van der Waals surface area contributed by atoms with E-state index in [4.69, 9.17) is 16.0 Å². The van der Waals surface area contributed by atoms with Gasteiger partial charge in [0.15, 0.2) is 11.3 Å². The number of Topliss-reactive ketones (excluding diaryl/α,β-unsaturated/α-hetero) is 1. The van der Waals surface area contributed by atoms with Crippen LogP contribution in [0.25, 0.3) is 11.0 Å². The number of fused-ring (bicyclic) bond motifs is 1. The maximum absolute atomic E-state index is 11.9. The fraction of sp³-hybridized carbons (Fsp3) is 0.250. The molecule has 1 aromatic heterocycles. The zero-order chi connectivity index (χ0) is 11.7. The number of rotatable bonds is 3. The topological polar surface area (TPSA) is 42.2 Å². The summed E-state index contributed by atoms with van der Waals surface area (Å²) in [5, 5.41) is 4.25. The van der Waals surface area contributed by atoms with Crippen molar-refractivity contribution in [1.82, 2.24) is 5.32 Å². The lowest BCUT2D eigenvalue weighted by molar-refractivity contribution is 0.0930. The maximum Gasteiger partial charge on any atom is 0.214 e. The van der Waals surface area contributed by atoms with Gasteiger partial charge in [0.05, 0.1) is 11.1 Å². The Morgan fingerprint density at radius 3 is 2.88 bits per heavy atom. The molecule has 0 saturated heterocycles. The van der Waals surface area contributed by atoms with E-state index in [1.165, 1.54) is 0 Å². The highest BCUT2D eigenvalue weighted by Gasteiger charge is 2.18. The minimum Gasteiger partial charge on any atom is -0.451 e. The molecule has 0 radical (unpaired) electrons. The minimum absolute atomic E-state index is 0.0743. The number of ketones is 1. The van der Waals surface area contributed by atoms with Gasteiger partial charge in [-0.25, -0.2) is 0 Å². The number of para-hydroxylation sites is 1. The molecular weight excluding hydrogens is 226 g/mol. The summed E-state index contributed by atoms with van der Waals surface area (Å²) < 4.78 is 5.46. The van der Waals surface area contributed by atoms with Gasteiger partial charge in [-0.1, -0.05) is 23.7 Å². The molecule has 2 aromatic rings. The van der Waals surface area contributed by atoms with E-state index < -0.39 is 0 Å². The monoisotopic (exact) mass is 237 g/mol. The molecular formula is C12H12ClNO2. The third kappa shape index (κ3) is 1.84. The molecule has 4 heteroatoms. The van der Waals surface area contributed by atoms with Crippen molar-refractivity contribution in [2.24, 2.45) is 0 Å². The van der Waals surface area contributed by atoms with E-state index in [9.17, 15) is 4.79 Å². The first-order chi connectivity index (χ1) is 7.63. The van der Waals surface area contributed by atoms with Crippen LogP contribution in [-0.2, 0) is 0 Å². The van der Waals surface area contributed by atoms with Crippen molar-refractivity contribution in [3.63, 3.8) is 0 Å². The number of halogens is 1. The molecule has 0 spiro atoms. The molecule has 0 aliphatic carbocycles. The lowest BCUT2D eigenvalue weighted by atomic mass is 10.1. The summed E-state index contributed by atoms with van der Waals surface area (Å²) in [7, 11) is 1.73. The zero-order valence-electron chi connectivity index (χ0n) is 9.08. The fourth-order valence-electron chi connectivity index (χ4n) is 1.49. The van der Waals surface area contributed by atoms with Crippen molar-refractivity contribution in [3.05, 3.63) is 35.0 Å². The normalized spacial score (nSPS) is 12.9. The number of carbonyl (C=O) groups excluding carboxylic acids is 1. The Bertz CT molecular complexity index is 533. The van der Waals surface area contributed by atoms with Gasteiger partial charge in [0, 0.05) is 5.39 Å². The standard InChI is InChI=1S/C12H12ClNO2/c1-7(14-2)11(15)10-6-8-4-3-5-9(13)12(8)16-10/h3-7,14H,1-2H3. The Hall–Kier alpha value is -1.32. The number of carbonyl (C=O) groups is 1. The summed E-state index contributed by atoms with van der Waals surface area (Å²) in [6, 6.07) is 6.89. The van der Waals surface area contributed by atoms with Crippen LogP contribution < -0.4 is 5.32 Å². The van der Waals surface area contributed by atoms with Crippen LogP contribution in [0, 0.1) is 0 Å². The van der Waals surface area contributed by atoms with Crippen LogP contribution in [0.5, 0.6) is 0 Å². The van der Waals surface area contributed by atoms with Crippen molar-refractivity contribution >= 4 is 28.4 Å². The van der Waals surface area contributed by atoms with Gasteiger partial charge in [0.25, 0.3) is 0 Å². The Labute approximate surface area is 98.4 Å². The molecule has 0 aliphatic heterocycles. The average Bonchev–Trinajstić information content (AvgIpc) is 2.72. The minimum atomic E-state index is -0.265. The largest absolute Gasteiger partial charge is 0.451 e. The van der Waals surface area contributed by atoms with E-state index in [-0.39, 0.29) is 11.8 Å². The van der Waals surface area contributed by atoms with Crippen LogP contribution in [0.4, 0.5) is 0 Å². The predicted octanol–water partition coefficient (Wildman–Crippen LogP) is 2.88. The summed E-state index contributed by atoms with van der Waals surface area (Å²) >= 11 is 5.97. The molecule has 3 nitrogen and oxygen atoms in total. The quantitative estimate of drug-likeness (QED) is 0.835. The number of likely N-dealkylation sites (N-methyl/N-ethyl adjacent to an activating group) is 1. The summed E-state index contributed by atoms with van der Waals surface area (Å²) in [5.74, 6) is 0.264. The van der Waals surface area contributed by atoms with E-state index in [1.807, 2.05) is 12.1 Å². The summed E-state index contributed by atoms with van der Waals surface area (Å²) in [6.07, 6.45) is 0. The van der Waals surface area contributed by atoms with Crippen LogP contribution in [0.3, 0.4) is 0 Å². The van der Waals surface area contributed by atoms with Gasteiger partial charge in [0.2, 0.25) is 5.78 Å². The second kappa shape index (κ2) is 4.28. The highest BCUT2D eigenvalue weighted by molar-refractivity contribution is 6.34. The molecule has 0 aliphatic rings. The van der Waals surface area contributed by atoms with E-state index in [2.05, 4.69) is 5.32 Å². The van der Waals surface area contributed by atoms with Crippen LogP contribution in [0.2, 0.25) is 5.02 Å². The SMILES string of the molecule is CNC(C)C(=O)c1cc2cccc(Cl)c2o1. The lowest BCUT2D eigenvalue weighted by Crippen LogP contribution is -2.30. The Morgan fingerprint density at radius 1 is 1.50 bits per heavy atom. The van der Waals surface area contributed by atoms with Gasteiger partial charge >= 0.3 is 0 Å². The van der Waals surface area contributed by atoms with Crippen molar-refractivity contribution in [1.29, 1.82) is 0 Å². The third-order valence-corrected chi connectivity index (χ3v) is 2.86. The summed E-state index contributed by atoms with van der Waals surface area (Å²) in [6.45, 7) is 1.79.